The second-order valence-corrected chi connectivity index (χ2v) is 4.00. The molecule has 0 spiro atoms. The van der Waals surface area contributed by atoms with Gasteiger partial charge < -0.3 is 13.9 Å². The Labute approximate surface area is 97.8 Å². The van der Waals surface area contributed by atoms with Gasteiger partial charge in [-0.1, -0.05) is 12.1 Å². The second kappa shape index (κ2) is 4.31. The SMILES string of the molecule is O=c1occc2cc(CC3OCCO3)ccc12. The molecule has 1 aromatic heterocycles. The van der Waals surface area contributed by atoms with Gasteiger partial charge >= 0.3 is 5.63 Å². The van der Waals surface area contributed by atoms with E-state index in [1.54, 1.807) is 12.1 Å². The second-order valence-electron chi connectivity index (χ2n) is 4.00. The topological polar surface area (TPSA) is 48.7 Å². The van der Waals surface area contributed by atoms with Crippen LogP contribution in [0, 0.1) is 0 Å². The van der Waals surface area contributed by atoms with Crippen molar-refractivity contribution >= 4 is 10.8 Å². The molecule has 3 rings (SSSR count). The molecule has 1 aliphatic heterocycles. The van der Waals surface area contributed by atoms with Gasteiger partial charge in [-0.15, -0.1) is 0 Å². The number of fused-ring (bicyclic) bond motifs is 1. The quantitative estimate of drug-likeness (QED) is 0.790. The van der Waals surface area contributed by atoms with Crippen molar-refractivity contribution in [1.82, 2.24) is 0 Å². The summed E-state index contributed by atoms with van der Waals surface area (Å²) in [4.78, 5) is 11.4. The molecular weight excluding hydrogens is 220 g/mol. The van der Waals surface area contributed by atoms with Crippen LogP contribution in [0.25, 0.3) is 10.8 Å². The van der Waals surface area contributed by atoms with Crippen LogP contribution in [0.2, 0.25) is 0 Å². The molecule has 88 valence electrons. The van der Waals surface area contributed by atoms with Gasteiger partial charge in [0.05, 0.1) is 24.9 Å². The molecule has 0 bridgehead atoms. The predicted molar refractivity (Wildman–Crippen MR) is 61.9 cm³/mol. The first-order valence-corrected chi connectivity index (χ1v) is 5.56. The van der Waals surface area contributed by atoms with Gasteiger partial charge in [-0.2, -0.15) is 0 Å². The van der Waals surface area contributed by atoms with E-state index in [-0.39, 0.29) is 11.9 Å². The highest BCUT2D eigenvalue weighted by molar-refractivity contribution is 5.81. The number of benzene rings is 1. The van der Waals surface area contributed by atoms with Gasteiger partial charge in [-0.3, -0.25) is 0 Å². The van der Waals surface area contributed by atoms with E-state index in [2.05, 4.69) is 0 Å². The maximum Gasteiger partial charge on any atom is 0.343 e. The Bertz CT molecular complexity index is 581. The third-order valence-electron chi connectivity index (χ3n) is 2.85. The minimum Gasteiger partial charge on any atom is -0.431 e. The summed E-state index contributed by atoms with van der Waals surface area (Å²) in [5.41, 5.74) is 0.789. The Balaban J connectivity index is 1.93. The monoisotopic (exact) mass is 232 g/mol. The maximum absolute atomic E-state index is 11.4. The fraction of sp³-hybridized carbons (Fsp3) is 0.308. The molecule has 1 saturated heterocycles. The minimum atomic E-state index is -0.303. The molecule has 1 fully saturated rings. The standard InChI is InChI=1S/C13H12O4/c14-13-11-2-1-9(7-10(11)3-4-17-13)8-12-15-5-6-16-12/h1-4,7,12H,5-6,8H2. The van der Waals surface area contributed by atoms with Crippen LogP contribution >= 0.6 is 0 Å². The molecule has 0 unspecified atom stereocenters. The van der Waals surface area contributed by atoms with E-state index in [0.29, 0.717) is 25.0 Å². The van der Waals surface area contributed by atoms with Crippen molar-refractivity contribution in [2.75, 3.05) is 13.2 Å². The molecule has 0 amide bonds. The summed E-state index contributed by atoms with van der Waals surface area (Å²) in [5, 5.41) is 1.49. The summed E-state index contributed by atoms with van der Waals surface area (Å²) in [6, 6.07) is 7.45. The van der Waals surface area contributed by atoms with Crippen LogP contribution < -0.4 is 5.63 Å². The van der Waals surface area contributed by atoms with Crippen molar-refractivity contribution in [3.8, 4) is 0 Å². The van der Waals surface area contributed by atoms with Gasteiger partial charge in [0.1, 0.15) is 0 Å². The van der Waals surface area contributed by atoms with Crippen molar-refractivity contribution in [1.29, 1.82) is 0 Å². The molecule has 2 heterocycles. The van der Waals surface area contributed by atoms with Crippen molar-refractivity contribution in [3.63, 3.8) is 0 Å². The van der Waals surface area contributed by atoms with Crippen molar-refractivity contribution < 1.29 is 13.9 Å². The van der Waals surface area contributed by atoms with Gasteiger partial charge in [0.25, 0.3) is 0 Å². The Morgan fingerprint density at radius 3 is 2.82 bits per heavy atom. The summed E-state index contributed by atoms with van der Waals surface area (Å²) in [7, 11) is 0. The molecule has 0 atom stereocenters. The molecule has 0 saturated carbocycles. The first-order chi connectivity index (χ1) is 8.33. The third kappa shape index (κ3) is 2.09. The zero-order chi connectivity index (χ0) is 11.7. The predicted octanol–water partition coefficient (Wildman–Crippen LogP) is 1.71. The normalized spacial score (nSPS) is 16.7. The molecule has 17 heavy (non-hydrogen) atoms. The molecule has 2 aromatic rings. The maximum atomic E-state index is 11.4. The summed E-state index contributed by atoms with van der Waals surface area (Å²) in [6.07, 6.45) is 1.96. The fourth-order valence-electron chi connectivity index (χ4n) is 2.01. The highest BCUT2D eigenvalue weighted by atomic mass is 16.7. The highest BCUT2D eigenvalue weighted by Gasteiger charge is 2.16. The Kier molecular flexibility index (Phi) is 2.66. The van der Waals surface area contributed by atoms with E-state index in [9.17, 15) is 4.79 Å². The van der Waals surface area contributed by atoms with Crippen LogP contribution in [0.3, 0.4) is 0 Å². The molecule has 1 aromatic carbocycles. The smallest absolute Gasteiger partial charge is 0.343 e. The van der Waals surface area contributed by atoms with Crippen LogP contribution in [0.1, 0.15) is 5.56 Å². The van der Waals surface area contributed by atoms with Gasteiger partial charge in [-0.25, -0.2) is 4.79 Å². The first-order valence-electron chi connectivity index (χ1n) is 5.56. The lowest BCUT2D eigenvalue weighted by Crippen LogP contribution is -2.11. The highest BCUT2D eigenvalue weighted by Crippen LogP contribution is 2.16. The average molecular weight is 232 g/mol. The Morgan fingerprint density at radius 2 is 2.00 bits per heavy atom. The number of hydrogen-bond acceptors (Lipinski definition) is 4. The van der Waals surface area contributed by atoms with Crippen molar-refractivity contribution in [3.05, 3.63) is 46.5 Å². The largest absolute Gasteiger partial charge is 0.431 e. The van der Waals surface area contributed by atoms with Gasteiger partial charge in [0.15, 0.2) is 6.29 Å². The van der Waals surface area contributed by atoms with Crippen LogP contribution in [-0.2, 0) is 15.9 Å². The van der Waals surface area contributed by atoms with E-state index in [0.717, 1.165) is 10.9 Å². The summed E-state index contributed by atoms with van der Waals surface area (Å²) < 4.78 is 15.6. The van der Waals surface area contributed by atoms with E-state index >= 15 is 0 Å². The lowest BCUT2D eigenvalue weighted by Gasteiger charge is -2.09. The zero-order valence-corrected chi connectivity index (χ0v) is 9.22. The molecule has 1 aliphatic rings. The summed E-state index contributed by atoms with van der Waals surface area (Å²) in [6.45, 7) is 1.31. The molecule has 4 heteroatoms. The molecular formula is C13H12O4. The lowest BCUT2D eigenvalue weighted by molar-refractivity contribution is -0.0399. The first kappa shape index (κ1) is 10.5. The summed E-state index contributed by atoms with van der Waals surface area (Å²) >= 11 is 0. The van der Waals surface area contributed by atoms with E-state index < -0.39 is 0 Å². The number of ether oxygens (including phenoxy) is 2. The van der Waals surface area contributed by atoms with E-state index in [4.69, 9.17) is 13.9 Å². The third-order valence-corrected chi connectivity index (χ3v) is 2.85. The average Bonchev–Trinajstić information content (AvgIpc) is 2.82. The number of hydrogen-bond donors (Lipinski definition) is 0. The molecule has 0 radical (unpaired) electrons. The van der Waals surface area contributed by atoms with Crippen molar-refractivity contribution in [2.24, 2.45) is 0 Å². The minimum absolute atomic E-state index is 0.160. The van der Waals surface area contributed by atoms with E-state index in [1.165, 1.54) is 6.26 Å². The van der Waals surface area contributed by atoms with E-state index in [1.807, 2.05) is 12.1 Å². The lowest BCUT2D eigenvalue weighted by atomic mass is 10.1. The van der Waals surface area contributed by atoms with Crippen LogP contribution in [-0.4, -0.2) is 19.5 Å². The van der Waals surface area contributed by atoms with Crippen LogP contribution in [0.4, 0.5) is 0 Å². The van der Waals surface area contributed by atoms with Crippen molar-refractivity contribution in [2.45, 2.75) is 12.7 Å². The van der Waals surface area contributed by atoms with Gasteiger partial charge in [0.2, 0.25) is 0 Å². The zero-order valence-electron chi connectivity index (χ0n) is 9.22. The molecule has 0 aliphatic carbocycles. The summed E-state index contributed by atoms with van der Waals surface area (Å²) in [5.74, 6) is 0. The van der Waals surface area contributed by atoms with Gasteiger partial charge in [0, 0.05) is 6.42 Å². The van der Waals surface area contributed by atoms with Crippen LogP contribution in [0.5, 0.6) is 0 Å². The Hall–Kier alpha value is -1.65. The molecule has 4 nitrogen and oxygen atoms in total. The fourth-order valence-corrected chi connectivity index (χ4v) is 2.01. The van der Waals surface area contributed by atoms with Crippen LogP contribution in [0.15, 0.2) is 39.7 Å². The van der Waals surface area contributed by atoms with Gasteiger partial charge in [-0.05, 0) is 23.1 Å². The Morgan fingerprint density at radius 1 is 1.18 bits per heavy atom. The molecule has 0 N–H and O–H groups in total. The number of rotatable bonds is 2.